The second kappa shape index (κ2) is 6.54. The average molecular weight is 263 g/mol. The summed E-state index contributed by atoms with van der Waals surface area (Å²) in [6.45, 7) is 3.04. The molecule has 1 aromatic rings. The van der Waals surface area contributed by atoms with Crippen molar-refractivity contribution < 1.29 is 9.53 Å². The fraction of sp³-hybridized carbons (Fsp3) is 0.500. The van der Waals surface area contributed by atoms with Crippen LogP contribution in [0.5, 0.6) is 5.75 Å². The number of benzene rings is 1. The number of fused-ring (bicyclic) bond motifs is 1. The lowest BCUT2D eigenvalue weighted by molar-refractivity contribution is -0.118. The Kier molecular flexibility index (Phi) is 4.76. The van der Waals surface area contributed by atoms with Gasteiger partial charge in [0.25, 0.3) is 5.91 Å². The lowest BCUT2D eigenvalue weighted by atomic mass is 10.1. The fourth-order valence-electron chi connectivity index (χ4n) is 2.15. The van der Waals surface area contributed by atoms with Gasteiger partial charge in [-0.3, -0.25) is 4.79 Å². The first kappa shape index (κ1) is 13.8. The monoisotopic (exact) mass is 263 g/mol. The molecule has 104 valence electrons. The van der Waals surface area contributed by atoms with Gasteiger partial charge in [0.2, 0.25) is 0 Å². The summed E-state index contributed by atoms with van der Waals surface area (Å²) in [5, 5.41) is 5.98. The Morgan fingerprint density at radius 1 is 1.47 bits per heavy atom. The number of amides is 1. The zero-order chi connectivity index (χ0) is 13.7. The summed E-state index contributed by atoms with van der Waals surface area (Å²) in [5.41, 5.74) is 1.95. The van der Waals surface area contributed by atoms with Gasteiger partial charge in [-0.25, -0.2) is 0 Å². The molecule has 2 rings (SSSR count). The van der Waals surface area contributed by atoms with Crippen LogP contribution in [-0.4, -0.2) is 44.6 Å². The molecule has 0 fully saturated rings. The molecule has 1 aliphatic rings. The molecule has 0 spiro atoms. The van der Waals surface area contributed by atoms with Crippen molar-refractivity contribution in [2.45, 2.75) is 13.0 Å². The van der Waals surface area contributed by atoms with Gasteiger partial charge in [-0.05, 0) is 51.3 Å². The normalized spacial score (nSPS) is 13.9. The lowest BCUT2D eigenvalue weighted by Crippen LogP contribution is -2.26. The van der Waals surface area contributed by atoms with E-state index in [-0.39, 0.29) is 12.5 Å². The average Bonchev–Trinajstić information content (AvgIpc) is 2.38. The van der Waals surface area contributed by atoms with Gasteiger partial charge in [-0.2, -0.15) is 0 Å². The Morgan fingerprint density at radius 3 is 3.11 bits per heavy atom. The number of ether oxygens (including phenoxy) is 1. The Morgan fingerprint density at radius 2 is 2.32 bits per heavy atom. The van der Waals surface area contributed by atoms with Gasteiger partial charge in [0.15, 0.2) is 6.61 Å². The molecule has 1 aliphatic heterocycles. The minimum atomic E-state index is -0.0907. The molecule has 0 saturated heterocycles. The first-order valence-corrected chi connectivity index (χ1v) is 6.58. The van der Waals surface area contributed by atoms with Crippen LogP contribution in [0.1, 0.15) is 12.0 Å². The Labute approximate surface area is 113 Å². The van der Waals surface area contributed by atoms with Gasteiger partial charge in [0.05, 0.1) is 5.69 Å². The van der Waals surface area contributed by atoms with Crippen molar-refractivity contribution in [1.29, 1.82) is 0 Å². The molecule has 0 aromatic heterocycles. The molecule has 0 radical (unpaired) electrons. The molecule has 0 saturated carbocycles. The van der Waals surface area contributed by atoms with Crippen molar-refractivity contribution in [3.8, 4) is 5.75 Å². The maximum Gasteiger partial charge on any atom is 0.262 e. The van der Waals surface area contributed by atoms with Gasteiger partial charge >= 0.3 is 0 Å². The molecule has 0 unspecified atom stereocenters. The molecule has 2 N–H and O–H groups in total. The minimum Gasteiger partial charge on any atom is -0.482 e. The molecular formula is C14H21N3O2. The highest BCUT2D eigenvalue weighted by Gasteiger charge is 2.16. The van der Waals surface area contributed by atoms with E-state index in [0.717, 1.165) is 37.5 Å². The Balaban J connectivity index is 1.94. The van der Waals surface area contributed by atoms with Crippen molar-refractivity contribution >= 4 is 11.6 Å². The maximum atomic E-state index is 11.3. The van der Waals surface area contributed by atoms with Crippen molar-refractivity contribution in [3.05, 3.63) is 23.8 Å². The van der Waals surface area contributed by atoms with Crippen LogP contribution in [-0.2, 0) is 11.3 Å². The van der Waals surface area contributed by atoms with E-state index in [4.69, 9.17) is 4.74 Å². The second-order valence-corrected chi connectivity index (χ2v) is 4.86. The third-order valence-electron chi connectivity index (χ3n) is 3.10. The number of anilines is 1. The summed E-state index contributed by atoms with van der Waals surface area (Å²) in [7, 11) is 4.07. The molecule has 5 nitrogen and oxygen atoms in total. The number of nitrogens with zero attached hydrogens (tertiary/aromatic N) is 1. The standard InChI is InChI=1S/C14H21N3O2/c1-15-6-3-7-17(2)9-11-4-5-13-12(8-11)16-14(18)10-19-13/h4-5,8,15H,3,6-7,9-10H2,1-2H3,(H,16,18). The number of rotatable bonds is 6. The van der Waals surface area contributed by atoms with Crippen LogP contribution in [0.25, 0.3) is 0 Å². The number of carbonyl (C=O) groups is 1. The van der Waals surface area contributed by atoms with Crippen LogP contribution in [0.15, 0.2) is 18.2 Å². The second-order valence-electron chi connectivity index (χ2n) is 4.86. The predicted octanol–water partition coefficient (Wildman–Crippen LogP) is 1.06. The smallest absolute Gasteiger partial charge is 0.262 e. The van der Waals surface area contributed by atoms with Crippen LogP contribution >= 0.6 is 0 Å². The molecule has 1 heterocycles. The van der Waals surface area contributed by atoms with Crippen LogP contribution in [0.2, 0.25) is 0 Å². The molecule has 5 heteroatoms. The zero-order valence-corrected chi connectivity index (χ0v) is 11.5. The lowest BCUT2D eigenvalue weighted by Gasteiger charge is -2.21. The summed E-state index contributed by atoms with van der Waals surface area (Å²) in [6.07, 6.45) is 1.12. The van der Waals surface area contributed by atoms with Crippen LogP contribution < -0.4 is 15.4 Å². The van der Waals surface area contributed by atoms with Gasteiger partial charge in [-0.1, -0.05) is 6.07 Å². The van der Waals surface area contributed by atoms with Crippen molar-refractivity contribution in [2.75, 3.05) is 39.1 Å². The first-order chi connectivity index (χ1) is 9.19. The van der Waals surface area contributed by atoms with E-state index in [9.17, 15) is 4.79 Å². The molecule has 19 heavy (non-hydrogen) atoms. The SMILES string of the molecule is CNCCCN(C)Cc1ccc2c(c1)NC(=O)CO2. The van der Waals surface area contributed by atoms with Gasteiger partial charge < -0.3 is 20.3 Å². The zero-order valence-electron chi connectivity index (χ0n) is 11.5. The van der Waals surface area contributed by atoms with Gasteiger partial charge in [-0.15, -0.1) is 0 Å². The maximum absolute atomic E-state index is 11.3. The predicted molar refractivity (Wildman–Crippen MR) is 75.4 cm³/mol. The quantitative estimate of drug-likeness (QED) is 0.754. The molecular weight excluding hydrogens is 242 g/mol. The number of carbonyl (C=O) groups excluding carboxylic acids is 1. The van der Waals surface area contributed by atoms with E-state index in [1.807, 2.05) is 25.2 Å². The summed E-state index contributed by atoms with van der Waals surface area (Å²) >= 11 is 0. The van der Waals surface area contributed by atoms with Crippen LogP contribution in [0, 0.1) is 0 Å². The topological polar surface area (TPSA) is 53.6 Å². The van der Waals surface area contributed by atoms with Crippen molar-refractivity contribution in [3.63, 3.8) is 0 Å². The summed E-state index contributed by atoms with van der Waals surface area (Å²) in [5.74, 6) is 0.660. The Bertz CT molecular complexity index is 448. The third kappa shape index (κ3) is 3.94. The van der Waals surface area contributed by atoms with Crippen LogP contribution in [0.3, 0.4) is 0 Å². The van der Waals surface area contributed by atoms with Crippen LogP contribution in [0.4, 0.5) is 5.69 Å². The number of hydrogen-bond acceptors (Lipinski definition) is 4. The van der Waals surface area contributed by atoms with Crippen molar-refractivity contribution in [2.24, 2.45) is 0 Å². The molecule has 0 bridgehead atoms. The number of nitrogens with one attached hydrogen (secondary N) is 2. The highest BCUT2D eigenvalue weighted by molar-refractivity contribution is 5.95. The number of hydrogen-bond donors (Lipinski definition) is 2. The van der Waals surface area contributed by atoms with Crippen molar-refractivity contribution in [1.82, 2.24) is 10.2 Å². The summed E-state index contributed by atoms with van der Waals surface area (Å²) in [4.78, 5) is 13.5. The van der Waals surface area contributed by atoms with E-state index in [1.165, 1.54) is 5.56 Å². The highest BCUT2D eigenvalue weighted by Crippen LogP contribution is 2.28. The van der Waals surface area contributed by atoms with Gasteiger partial charge in [0.1, 0.15) is 5.75 Å². The summed E-state index contributed by atoms with van der Waals surface area (Å²) < 4.78 is 5.34. The van der Waals surface area contributed by atoms with Gasteiger partial charge in [0, 0.05) is 6.54 Å². The third-order valence-corrected chi connectivity index (χ3v) is 3.10. The molecule has 1 aromatic carbocycles. The minimum absolute atomic E-state index is 0.0907. The Hall–Kier alpha value is -1.59. The van der Waals surface area contributed by atoms with E-state index >= 15 is 0 Å². The largest absolute Gasteiger partial charge is 0.482 e. The van der Waals surface area contributed by atoms with E-state index < -0.39 is 0 Å². The molecule has 0 atom stereocenters. The highest BCUT2D eigenvalue weighted by atomic mass is 16.5. The molecule has 1 amide bonds. The fourth-order valence-corrected chi connectivity index (χ4v) is 2.15. The first-order valence-electron chi connectivity index (χ1n) is 6.58. The summed E-state index contributed by atoms with van der Waals surface area (Å²) in [6, 6.07) is 5.96. The molecule has 0 aliphatic carbocycles. The van der Waals surface area contributed by atoms with E-state index in [1.54, 1.807) is 0 Å². The van der Waals surface area contributed by atoms with E-state index in [0.29, 0.717) is 0 Å². The van der Waals surface area contributed by atoms with E-state index in [2.05, 4.69) is 22.6 Å².